The molecule has 192 valence electrons. The van der Waals surface area contributed by atoms with E-state index >= 15 is 0 Å². The lowest BCUT2D eigenvalue weighted by atomic mass is 9.48. The topological polar surface area (TPSA) is 54.0 Å². The van der Waals surface area contributed by atoms with E-state index < -0.39 is 0 Å². The van der Waals surface area contributed by atoms with Crippen LogP contribution in [0.2, 0.25) is 0 Å². The molecule has 4 fully saturated rings. The summed E-state index contributed by atoms with van der Waals surface area (Å²) in [6.07, 6.45) is 12.0. The van der Waals surface area contributed by atoms with E-state index in [0.29, 0.717) is 12.2 Å². The molecule has 4 saturated carbocycles. The summed E-state index contributed by atoms with van der Waals surface area (Å²) in [6.45, 7) is 4.24. The van der Waals surface area contributed by atoms with Crippen molar-refractivity contribution in [3.05, 3.63) is 64.7 Å². The zero-order valence-corrected chi connectivity index (χ0v) is 21.7. The molecule has 0 aromatic heterocycles. The lowest BCUT2D eigenvalue weighted by Crippen LogP contribution is -2.48. The van der Waals surface area contributed by atoms with Crippen LogP contribution in [0.5, 0.6) is 5.75 Å². The Bertz CT molecular complexity index is 1050. The Morgan fingerprint density at radius 1 is 0.972 bits per heavy atom. The largest absolute Gasteiger partial charge is 0.467 e. The molecule has 6 rings (SSSR count). The molecule has 2 aromatic carbocycles. The van der Waals surface area contributed by atoms with Crippen LogP contribution in [0.4, 0.5) is 0 Å². The van der Waals surface area contributed by atoms with Gasteiger partial charge in [0, 0.05) is 12.7 Å². The summed E-state index contributed by atoms with van der Waals surface area (Å²) in [7, 11) is 1.64. The van der Waals surface area contributed by atoms with E-state index in [0.717, 1.165) is 34.6 Å². The van der Waals surface area contributed by atoms with Crippen LogP contribution in [-0.4, -0.2) is 32.8 Å². The third-order valence-electron chi connectivity index (χ3n) is 8.35. The highest BCUT2D eigenvalue weighted by Crippen LogP contribution is 2.62. The van der Waals surface area contributed by atoms with Gasteiger partial charge in [0.1, 0.15) is 5.75 Å². The zero-order chi connectivity index (χ0) is 25.1. The second kappa shape index (κ2) is 10.8. The van der Waals surface area contributed by atoms with Gasteiger partial charge in [0.05, 0.1) is 12.2 Å². The molecule has 5 nitrogen and oxygen atoms in total. The summed E-state index contributed by atoms with van der Waals surface area (Å²) in [5, 5.41) is 0. The van der Waals surface area contributed by atoms with Crippen molar-refractivity contribution in [3.63, 3.8) is 0 Å². The first-order valence-electron chi connectivity index (χ1n) is 13.3. The van der Waals surface area contributed by atoms with E-state index in [2.05, 4.69) is 30.4 Å². The SMILES string of the molecule is CCOC(=O)c1ccc(/C=C/c2ccc(OCOC(C)OC)c(C34CC5CC(CC(C5)C3)C4)c2)cc1. The van der Waals surface area contributed by atoms with Gasteiger partial charge < -0.3 is 18.9 Å². The van der Waals surface area contributed by atoms with Crippen LogP contribution in [0.15, 0.2) is 42.5 Å². The number of carbonyl (C=O) groups is 1. The molecule has 5 heteroatoms. The van der Waals surface area contributed by atoms with Crippen LogP contribution in [0.1, 0.15) is 79.4 Å². The highest BCUT2D eigenvalue weighted by atomic mass is 16.7. The van der Waals surface area contributed by atoms with Crippen LogP contribution >= 0.6 is 0 Å². The second-order valence-corrected chi connectivity index (χ2v) is 10.9. The van der Waals surface area contributed by atoms with Gasteiger partial charge in [-0.1, -0.05) is 30.4 Å². The maximum atomic E-state index is 11.9. The zero-order valence-electron chi connectivity index (χ0n) is 21.7. The molecule has 0 N–H and O–H groups in total. The number of carbonyl (C=O) groups excluding carboxylic acids is 1. The molecule has 0 saturated heterocycles. The van der Waals surface area contributed by atoms with Gasteiger partial charge in [0.25, 0.3) is 0 Å². The average Bonchev–Trinajstić information content (AvgIpc) is 2.87. The number of methoxy groups -OCH3 is 1. The van der Waals surface area contributed by atoms with Gasteiger partial charge in [-0.05, 0) is 111 Å². The molecule has 4 bridgehead atoms. The van der Waals surface area contributed by atoms with E-state index in [1.807, 2.05) is 38.1 Å². The van der Waals surface area contributed by atoms with Crippen molar-refractivity contribution in [2.75, 3.05) is 20.5 Å². The van der Waals surface area contributed by atoms with Gasteiger partial charge in [0.2, 0.25) is 0 Å². The second-order valence-electron chi connectivity index (χ2n) is 10.9. The lowest BCUT2D eigenvalue weighted by molar-refractivity contribution is -0.150. The molecule has 4 aliphatic rings. The molecule has 36 heavy (non-hydrogen) atoms. The van der Waals surface area contributed by atoms with Crippen LogP contribution in [0.25, 0.3) is 12.2 Å². The maximum absolute atomic E-state index is 11.9. The van der Waals surface area contributed by atoms with Crippen molar-refractivity contribution < 1.29 is 23.7 Å². The van der Waals surface area contributed by atoms with Crippen molar-refractivity contribution in [1.82, 2.24) is 0 Å². The predicted molar refractivity (Wildman–Crippen MR) is 141 cm³/mol. The Labute approximate surface area is 214 Å². The molecule has 0 aliphatic heterocycles. The van der Waals surface area contributed by atoms with Gasteiger partial charge in [-0.2, -0.15) is 0 Å². The number of benzene rings is 2. The van der Waals surface area contributed by atoms with E-state index in [4.69, 9.17) is 18.9 Å². The Morgan fingerprint density at radius 3 is 2.19 bits per heavy atom. The smallest absolute Gasteiger partial charge is 0.338 e. The molecule has 0 spiro atoms. The third kappa shape index (κ3) is 5.37. The van der Waals surface area contributed by atoms with Crippen LogP contribution < -0.4 is 4.74 Å². The third-order valence-corrected chi connectivity index (χ3v) is 8.35. The van der Waals surface area contributed by atoms with Crippen molar-refractivity contribution in [2.45, 2.75) is 64.1 Å². The Kier molecular flexibility index (Phi) is 7.49. The van der Waals surface area contributed by atoms with E-state index in [9.17, 15) is 4.79 Å². The van der Waals surface area contributed by atoms with Crippen molar-refractivity contribution >= 4 is 18.1 Å². The van der Waals surface area contributed by atoms with Gasteiger partial charge in [-0.3, -0.25) is 0 Å². The monoisotopic (exact) mass is 490 g/mol. The van der Waals surface area contributed by atoms with Crippen LogP contribution in [-0.2, 0) is 19.6 Å². The minimum Gasteiger partial charge on any atom is -0.467 e. The molecule has 0 radical (unpaired) electrons. The predicted octanol–water partition coefficient (Wildman–Crippen LogP) is 6.85. The molecular weight excluding hydrogens is 452 g/mol. The number of rotatable bonds is 10. The summed E-state index contributed by atoms with van der Waals surface area (Å²) < 4.78 is 22.1. The fourth-order valence-corrected chi connectivity index (χ4v) is 7.03. The normalized spacial score (nSPS) is 27.4. The number of hydrogen-bond donors (Lipinski definition) is 0. The fraction of sp³-hybridized carbons (Fsp3) is 0.516. The number of esters is 1. The lowest BCUT2D eigenvalue weighted by Gasteiger charge is -2.57. The Morgan fingerprint density at radius 2 is 1.58 bits per heavy atom. The van der Waals surface area contributed by atoms with Gasteiger partial charge >= 0.3 is 5.97 Å². The minimum atomic E-state index is -0.301. The molecule has 4 aliphatic carbocycles. The molecule has 2 aromatic rings. The molecule has 1 unspecified atom stereocenters. The van der Waals surface area contributed by atoms with E-state index in [1.54, 1.807) is 7.11 Å². The van der Waals surface area contributed by atoms with Gasteiger partial charge in [-0.25, -0.2) is 4.79 Å². The Balaban J connectivity index is 1.39. The summed E-state index contributed by atoms with van der Waals surface area (Å²) in [5.74, 6) is 3.21. The first kappa shape index (κ1) is 25.0. The minimum absolute atomic E-state index is 0.177. The summed E-state index contributed by atoms with van der Waals surface area (Å²) >= 11 is 0. The van der Waals surface area contributed by atoms with Crippen molar-refractivity contribution in [1.29, 1.82) is 0 Å². The van der Waals surface area contributed by atoms with E-state index in [1.165, 1.54) is 44.1 Å². The van der Waals surface area contributed by atoms with Crippen molar-refractivity contribution in [3.8, 4) is 5.75 Å². The van der Waals surface area contributed by atoms with E-state index in [-0.39, 0.29) is 24.5 Å². The molecule has 0 heterocycles. The van der Waals surface area contributed by atoms with Crippen molar-refractivity contribution in [2.24, 2.45) is 17.8 Å². The molecular formula is C31H38O5. The fourth-order valence-electron chi connectivity index (χ4n) is 7.03. The number of ether oxygens (including phenoxy) is 4. The quantitative estimate of drug-likeness (QED) is 0.207. The summed E-state index contributed by atoms with van der Waals surface area (Å²) in [5.41, 5.74) is 4.33. The molecule has 0 amide bonds. The molecule has 1 atom stereocenters. The standard InChI is InChI=1S/C31H38O5/c1-4-34-30(32)27-10-7-22(8-11-27)5-6-23-9-12-29(36-20-35-21(2)33-3)28(16-23)31-17-24-13-25(18-31)15-26(14-24)19-31/h5-12,16,21,24-26H,4,13-15,17-20H2,1-3H3/b6-5+. The summed E-state index contributed by atoms with van der Waals surface area (Å²) in [6, 6.07) is 14.1. The average molecular weight is 491 g/mol. The first-order chi connectivity index (χ1) is 17.5. The highest BCUT2D eigenvalue weighted by Gasteiger charge is 2.52. The van der Waals surface area contributed by atoms with Crippen LogP contribution in [0, 0.1) is 17.8 Å². The first-order valence-corrected chi connectivity index (χ1v) is 13.3. The maximum Gasteiger partial charge on any atom is 0.338 e. The highest BCUT2D eigenvalue weighted by molar-refractivity contribution is 5.89. The van der Waals surface area contributed by atoms with Gasteiger partial charge in [-0.15, -0.1) is 0 Å². The van der Waals surface area contributed by atoms with Crippen LogP contribution in [0.3, 0.4) is 0 Å². The number of hydrogen-bond acceptors (Lipinski definition) is 5. The Hall–Kier alpha value is -2.63. The van der Waals surface area contributed by atoms with Gasteiger partial charge in [0.15, 0.2) is 13.1 Å². The summed E-state index contributed by atoms with van der Waals surface area (Å²) in [4.78, 5) is 11.9.